The Labute approximate surface area is 234 Å². The number of hydrogen-bond donors (Lipinski definition) is 2. The minimum absolute atomic E-state index is 0.0392. The van der Waals surface area contributed by atoms with Crippen LogP contribution in [0.5, 0.6) is 34.5 Å². The van der Waals surface area contributed by atoms with Gasteiger partial charge in [-0.2, -0.15) is 0 Å². The average molecular weight is 546 g/mol. The first-order chi connectivity index (χ1) is 19.5. The van der Waals surface area contributed by atoms with Crippen LogP contribution in [0.25, 0.3) is 34.2 Å². The Bertz CT molecular complexity index is 1370. The van der Waals surface area contributed by atoms with Gasteiger partial charge in [-0.25, -0.2) is 15.0 Å². The molecule has 1 aromatic heterocycles. The molecule has 210 valence electrons. The molecule has 0 saturated carbocycles. The number of nitrogens with zero attached hydrogens (tertiary/aromatic N) is 3. The van der Waals surface area contributed by atoms with Crippen molar-refractivity contribution in [3.63, 3.8) is 0 Å². The summed E-state index contributed by atoms with van der Waals surface area (Å²) in [6, 6.07) is 15.3. The fraction of sp³-hybridized carbons (Fsp3) is 0.323. The monoisotopic (exact) mass is 545 g/mol. The second-order valence-electron chi connectivity index (χ2n) is 9.13. The summed E-state index contributed by atoms with van der Waals surface area (Å²) in [6.45, 7) is 5.29. The zero-order valence-corrected chi connectivity index (χ0v) is 23.3. The predicted octanol–water partition coefficient (Wildman–Crippen LogP) is 6.66. The van der Waals surface area contributed by atoms with Crippen LogP contribution in [0.3, 0.4) is 0 Å². The highest BCUT2D eigenvalue weighted by molar-refractivity contribution is 5.74. The van der Waals surface area contributed by atoms with E-state index in [1.165, 1.54) is 0 Å². The molecule has 0 saturated heterocycles. The number of ether oxygens (including phenoxy) is 4. The number of phenols is 2. The van der Waals surface area contributed by atoms with Crippen molar-refractivity contribution in [2.24, 2.45) is 0 Å². The maximum absolute atomic E-state index is 10.9. The van der Waals surface area contributed by atoms with Crippen molar-refractivity contribution >= 4 is 0 Å². The topological polar surface area (TPSA) is 116 Å². The third-order valence-corrected chi connectivity index (χ3v) is 6.24. The lowest BCUT2D eigenvalue weighted by atomic mass is 10.1. The van der Waals surface area contributed by atoms with Gasteiger partial charge in [0.2, 0.25) is 0 Å². The Balaban J connectivity index is 1.81. The van der Waals surface area contributed by atoms with Gasteiger partial charge in [-0.15, -0.1) is 0 Å². The van der Waals surface area contributed by atoms with E-state index in [-0.39, 0.29) is 23.1 Å². The van der Waals surface area contributed by atoms with Crippen LogP contribution >= 0.6 is 0 Å². The molecule has 9 nitrogen and oxygen atoms in total. The quantitative estimate of drug-likeness (QED) is 0.178. The van der Waals surface area contributed by atoms with E-state index in [1.54, 1.807) is 68.8 Å². The largest absolute Gasteiger partial charge is 0.507 e. The van der Waals surface area contributed by atoms with Crippen molar-refractivity contribution in [2.75, 3.05) is 27.4 Å². The van der Waals surface area contributed by atoms with E-state index in [9.17, 15) is 10.2 Å². The summed E-state index contributed by atoms with van der Waals surface area (Å²) in [5.41, 5.74) is 1.37. The van der Waals surface area contributed by atoms with Gasteiger partial charge < -0.3 is 29.2 Å². The van der Waals surface area contributed by atoms with Crippen molar-refractivity contribution in [3.05, 3.63) is 54.6 Å². The summed E-state index contributed by atoms with van der Waals surface area (Å²) in [7, 11) is 3.12. The minimum atomic E-state index is -0.0392. The summed E-state index contributed by atoms with van der Waals surface area (Å²) < 4.78 is 22.4. The summed E-state index contributed by atoms with van der Waals surface area (Å²) in [6.07, 6.45) is 3.85. The van der Waals surface area contributed by atoms with E-state index < -0.39 is 0 Å². The van der Waals surface area contributed by atoms with Crippen LogP contribution < -0.4 is 18.9 Å². The van der Waals surface area contributed by atoms with Gasteiger partial charge in [0.1, 0.15) is 34.5 Å². The lowest BCUT2D eigenvalue weighted by Gasteiger charge is -2.14. The van der Waals surface area contributed by atoms with E-state index in [1.807, 2.05) is 0 Å². The van der Waals surface area contributed by atoms with Crippen molar-refractivity contribution in [1.29, 1.82) is 0 Å². The molecular weight excluding hydrogens is 510 g/mol. The Morgan fingerprint density at radius 1 is 0.575 bits per heavy atom. The molecule has 0 amide bonds. The van der Waals surface area contributed by atoms with Crippen LogP contribution in [-0.4, -0.2) is 52.6 Å². The molecular formula is C31H35N3O6. The van der Waals surface area contributed by atoms with E-state index in [2.05, 4.69) is 28.8 Å². The smallest absolute Gasteiger partial charge is 0.167 e. The molecule has 3 aromatic carbocycles. The van der Waals surface area contributed by atoms with Crippen LogP contribution in [0.15, 0.2) is 54.6 Å². The maximum Gasteiger partial charge on any atom is 0.167 e. The van der Waals surface area contributed by atoms with Gasteiger partial charge in [0.05, 0.1) is 44.1 Å². The first kappa shape index (κ1) is 28.5. The molecule has 0 aliphatic rings. The predicted molar refractivity (Wildman–Crippen MR) is 153 cm³/mol. The van der Waals surface area contributed by atoms with Crippen molar-refractivity contribution in [2.45, 2.75) is 39.5 Å². The van der Waals surface area contributed by atoms with Gasteiger partial charge in [-0.05, 0) is 49.2 Å². The Hall–Kier alpha value is -4.53. The third-order valence-electron chi connectivity index (χ3n) is 6.24. The highest BCUT2D eigenvalue weighted by atomic mass is 16.5. The van der Waals surface area contributed by atoms with E-state index >= 15 is 0 Å². The van der Waals surface area contributed by atoms with Crippen LogP contribution in [0.4, 0.5) is 0 Å². The minimum Gasteiger partial charge on any atom is -0.507 e. The number of aromatic nitrogens is 3. The summed E-state index contributed by atoms with van der Waals surface area (Å²) in [5.74, 6) is 2.87. The molecule has 40 heavy (non-hydrogen) atoms. The fourth-order valence-corrected chi connectivity index (χ4v) is 3.97. The molecule has 0 fully saturated rings. The first-order valence-corrected chi connectivity index (χ1v) is 13.4. The second-order valence-corrected chi connectivity index (χ2v) is 9.13. The molecule has 0 bridgehead atoms. The molecule has 0 unspecified atom stereocenters. The number of methoxy groups -OCH3 is 2. The van der Waals surface area contributed by atoms with Gasteiger partial charge in [0.15, 0.2) is 17.5 Å². The molecule has 4 aromatic rings. The molecule has 0 aliphatic heterocycles. The number of hydrogen-bond acceptors (Lipinski definition) is 9. The zero-order valence-electron chi connectivity index (χ0n) is 23.3. The van der Waals surface area contributed by atoms with E-state index in [4.69, 9.17) is 18.9 Å². The fourth-order valence-electron chi connectivity index (χ4n) is 3.97. The maximum atomic E-state index is 10.9. The summed E-state index contributed by atoms with van der Waals surface area (Å²) >= 11 is 0. The molecule has 0 spiro atoms. The number of rotatable bonds is 13. The van der Waals surface area contributed by atoms with Gasteiger partial charge in [0.25, 0.3) is 0 Å². The highest BCUT2D eigenvalue weighted by Gasteiger charge is 2.19. The molecule has 4 rings (SSSR count). The second kappa shape index (κ2) is 13.5. The number of benzene rings is 3. The van der Waals surface area contributed by atoms with Crippen LogP contribution in [-0.2, 0) is 0 Å². The molecule has 0 radical (unpaired) electrons. The zero-order chi connectivity index (χ0) is 28.5. The molecule has 2 N–H and O–H groups in total. The van der Waals surface area contributed by atoms with E-state index in [0.29, 0.717) is 58.7 Å². The molecule has 0 aliphatic carbocycles. The van der Waals surface area contributed by atoms with Gasteiger partial charge in [-0.1, -0.05) is 26.7 Å². The molecule has 0 atom stereocenters. The van der Waals surface area contributed by atoms with Crippen molar-refractivity contribution < 1.29 is 29.2 Å². The van der Waals surface area contributed by atoms with Crippen LogP contribution in [0.1, 0.15) is 39.5 Å². The lowest BCUT2D eigenvalue weighted by Crippen LogP contribution is -2.02. The van der Waals surface area contributed by atoms with Crippen molar-refractivity contribution in [3.8, 4) is 68.7 Å². The van der Waals surface area contributed by atoms with Gasteiger partial charge >= 0.3 is 0 Å². The van der Waals surface area contributed by atoms with Gasteiger partial charge in [0, 0.05) is 18.2 Å². The van der Waals surface area contributed by atoms with Crippen molar-refractivity contribution in [1.82, 2.24) is 15.0 Å². The Morgan fingerprint density at radius 3 is 1.45 bits per heavy atom. The highest BCUT2D eigenvalue weighted by Crippen LogP contribution is 2.38. The summed E-state index contributed by atoms with van der Waals surface area (Å²) in [5, 5.41) is 21.8. The first-order valence-electron chi connectivity index (χ1n) is 13.4. The standard InChI is InChI=1S/C31H35N3O6/c1-5-7-15-39-21-10-12-23(26(35)17-21)29-32-30(24-13-11-22(18-27(24)36)40-16-8-6-2)34-31(33-29)25-14-9-20(37-3)19-28(25)38-4/h9-14,17-19,35-36H,5-8,15-16H2,1-4H3. The Morgan fingerprint density at radius 2 is 1.02 bits per heavy atom. The number of aromatic hydroxyl groups is 2. The molecule has 9 heteroatoms. The lowest BCUT2D eigenvalue weighted by molar-refractivity contribution is 0.307. The van der Waals surface area contributed by atoms with Gasteiger partial charge in [-0.3, -0.25) is 0 Å². The normalized spacial score (nSPS) is 10.8. The van der Waals surface area contributed by atoms with Crippen LogP contribution in [0, 0.1) is 0 Å². The SMILES string of the molecule is CCCCOc1ccc(-c2nc(-c3ccc(OCCCC)cc3O)nc(-c3ccc(OC)cc3OC)n2)c(O)c1. The van der Waals surface area contributed by atoms with Crippen LogP contribution in [0.2, 0.25) is 0 Å². The Kier molecular flexibility index (Phi) is 9.62. The molecule has 1 heterocycles. The third kappa shape index (κ3) is 6.72. The number of phenolic OH excluding ortho intramolecular Hbond substituents is 2. The van der Waals surface area contributed by atoms with E-state index in [0.717, 1.165) is 25.7 Å². The number of unbranched alkanes of at least 4 members (excludes halogenated alkanes) is 2. The average Bonchev–Trinajstić information content (AvgIpc) is 2.97. The summed E-state index contributed by atoms with van der Waals surface area (Å²) in [4.78, 5) is 14.0.